The first-order valence-electron chi connectivity index (χ1n) is 8.85. The highest BCUT2D eigenvalue weighted by molar-refractivity contribution is 6.34. The number of carbonyl (C=O) groups is 1. The summed E-state index contributed by atoms with van der Waals surface area (Å²) in [4.78, 5) is 23.8. The van der Waals surface area contributed by atoms with Gasteiger partial charge in [0.25, 0.3) is 0 Å². The summed E-state index contributed by atoms with van der Waals surface area (Å²) < 4.78 is 12.3. The number of aryl methyl sites for hydroxylation is 1. The van der Waals surface area contributed by atoms with Crippen LogP contribution in [0.4, 0.5) is 5.69 Å². The molecule has 0 fully saturated rings. The van der Waals surface area contributed by atoms with Crippen LogP contribution in [0, 0.1) is 11.3 Å². The molecule has 0 amide bonds. The molecule has 0 radical (unpaired) electrons. The predicted octanol–water partition coefficient (Wildman–Crippen LogP) is 2.73. The van der Waals surface area contributed by atoms with E-state index < -0.39 is 11.4 Å². The van der Waals surface area contributed by atoms with Crippen molar-refractivity contribution in [3.05, 3.63) is 39.1 Å². The number of nitriles is 1. The Morgan fingerprint density at radius 3 is 2.64 bits per heavy atom. The van der Waals surface area contributed by atoms with Crippen LogP contribution in [-0.2, 0) is 16.0 Å². The van der Waals surface area contributed by atoms with Gasteiger partial charge in [0.2, 0.25) is 5.43 Å². The lowest BCUT2D eigenvalue weighted by Crippen LogP contribution is -2.19. The molecule has 1 aromatic heterocycles. The van der Waals surface area contributed by atoms with Crippen molar-refractivity contribution in [3.63, 3.8) is 0 Å². The predicted molar refractivity (Wildman–Crippen MR) is 106 cm³/mol. The number of hydrogen-bond donors (Lipinski definition) is 2. The number of nitrogens with zero attached hydrogens (tertiary/aromatic N) is 2. The van der Waals surface area contributed by atoms with Crippen molar-refractivity contribution in [1.82, 2.24) is 4.57 Å². The highest BCUT2D eigenvalue weighted by atomic mass is 35.5. The lowest BCUT2D eigenvalue weighted by Gasteiger charge is -2.14. The zero-order chi connectivity index (χ0) is 20.5. The number of aromatic nitrogens is 1. The van der Waals surface area contributed by atoms with Crippen molar-refractivity contribution < 1.29 is 19.4 Å². The smallest absolute Gasteiger partial charge is 0.341 e. The minimum absolute atomic E-state index is 0.276. The van der Waals surface area contributed by atoms with Gasteiger partial charge in [0, 0.05) is 24.7 Å². The first-order valence-corrected chi connectivity index (χ1v) is 9.23. The quantitative estimate of drug-likeness (QED) is 0.550. The highest BCUT2D eigenvalue weighted by Gasteiger charge is 2.16. The second kappa shape index (κ2) is 10.7. The lowest BCUT2D eigenvalue weighted by atomic mass is 10.1. The average Bonchev–Trinajstić information content (AvgIpc) is 2.67. The van der Waals surface area contributed by atoms with Gasteiger partial charge in [-0.3, -0.25) is 4.79 Å². The van der Waals surface area contributed by atoms with E-state index >= 15 is 0 Å². The summed E-state index contributed by atoms with van der Waals surface area (Å²) in [6, 6.07) is 5.22. The van der Waals surface area contributed by atoms with E-state index in [2.05, 4.69) is 5.32 Å². The number of aromatic carboxylic acids is 1. The average molecular weight is 408 g/mol. The maximum absolute atomic E-state index is 12.5. The van der Waals surface area contributed by atoms with Crippen molar-refractivity contribution in [1.29, 1.82) is 5.26 Å². The summed E-state index contributed by atoms with van der Waals surface area (Å²) in [5.74, 6) is -1.26. The standard InChI is InChI=1S/C19H22ClN3O5/c1-2-23-12-14(19(25)26)18(24)13-10-16(15(20)11-17(13)23)22-5-7-28-9-8-27-6-3-4-21/h10-12,22H,2-3,5-9H2,1H3,(H,25,26). The SMILES string of the molecule is CCn1cc(C(=O)O)c(=O)c2cc(NCCOCCOCCC#N)c(Cl)cc21. The molecule has 0 saturated heterocycles. The van der Waals surface area contributed by atoms with Gasteiger partial charge < -0.3 is 24.5 Å². The number of hydrogen-bond acceptors (Lipinski definition) is 6. The zero-order valence-corrected chi connectivity index (χ0v) is 16.3. The van der Waals surface area contributed by atoms with E-state index in [0.29, 0.717) is 67.6 Å². The Labute approximate surface area is 167 Å². The van der Waals surface area contributed by atoms with Crippen LogP contribution in [0.15, 0.2) is 23.1 Å². The summed E-state index contributed by atoms with van der Waals surface area (Å²) in [7, 11) is 0. The summed E-state index contributed by atoms with van der Waals surface area (Å²) in [6.07, 6.45) is 1.69. The highest BCUT2D eigenvalue weighted by Crippen LogP contribution is 2.27. The van der Waals surface area contributed by atoms with Gasteiger partial charge in [-0.05, 0) is 19.1 Å². The molecule has 0 atom stereocenters. The van der Waals surface area contributed by atoms with Crippen LogP contribution in [0.3, 0.4) is 0 Å². The third-order valence-corrected chi connectivity index (χ3v) is 4.34. The first kappa shape index (κ1) is 21.7. The second-order valence-electron chi connectivity index (χ2n) is 5.87. The van der Waals surface area contributed by atoms with Gasteiger partial charge in [-0.25, -0.2) is 4.79 Å². The molecule has 2 rings (SSSR count). The van der Waals surface area contributed by atoms with E-state index in [9.17, 15) is 14.7 Å². The van der Waals surface area contributed by atoms with Crippen LogP contribution in [0.1, 0.15) is 23.7 Å². The maximum Gasteiger partial charge on any atom is 0.341 e. The zero-order valence-electron chi connectivity index (χ0n) is 15.5. The van der Waals surface area contributed by atoms with E-state index in [-0.39, 0.29) is 5.56 Å². The maximum atomic E-state index is 12.5. The number of rotatable bonds is 11. The van der Waals surface area contributed by atoms with Crippen LogP contribution in [0.5, 0.6) is 0 Å². The van der Waals surface area contributed by atoms with Gasteiger partial charge in [0.05, 0.1) is 55.1 Å². The van der Waals surface area contributed by atoms with Crippen molar-refractivity contribution in [2.24, 2.45) is 0 Å². The van der Waals surface area contributed by atoms with E-state index in [1.54, 1.807) is 16.7 Å². The third-order valence-electron chi connectivity index (χ3n) is 4.03. The van der Waals surface area contributed by atoms with Gasteiger partial charge in [0.15, 0.2) is 0 Å². The van der Waals surface area contributed by atoms with Gasteiger partial charge in [-0.2, -0.15) is 5.26 Å². The molecule has 0 aliphatic heterocycles. The fraction of sp³-hybridized carbons (Fsp3) is 0.421. The molecule has 0 bridgehead atoms. The fourth-order valence-corrected chi connectivity index (χ4v) is 2.88. The Kier molecular flexibility index (Phi) is 8.26. The van der Waals surface area contributed by atoms with E-state index in [0.717, 1.165) is 0 Å². The Morgan fingerprint density at radius 2 is 2.00 bits per heavy atom. The van der Waals surface area contributed by atoms with Crippen LogP contribution in [0.2, 0.25) is 5.02 Å². The monoisotopic (exact) mass is 407 g/mol. The van der Waals surface area contributed by atoms with Crippen LogP contribution in [-0.4, -0.2) is 48.6 Å². The molecule has 2 aromatic rings. The number of carboxylic acids is 1. The molecule has 1 aromatic carbocycles. The van der Waals surface area contributed by atoms with Crippen LogP contribution in [0.25, 0.3) is 10.9 Å². The van der Waals surface area contributed by atoms with Gasteiger partial charge in [-0.15, -0.1) is 0 Å². The van der Waals surface area contributed by atoms with Crippen molar-refractivity contribution in [3.8, 4) is 6.07 Å². The van der Waals surface area contributed by atoms with E-state index in [1.807, 2.05) is 13.0 Å². The molecule has 2 N–H and O–H groups in total. The molecule has 0 spiro atoms. The Bertz CT molecular complexity index is 936. The second-order valence-corrected chi connectivity index (χ2v) is 6.28. The molecule has 0 aliphatic rings. The molecule has 9 heteroatoms. The number of carboxylic acid groups (broad SMARTS) is 1. The topological polar surface area (TPSA) is 114 Å². The summed E-state index contributed by atoms with van der Waals surface area (Å²) in [5, 5.41) is 21.5. The summed E-state index contributed by atoms with van der Waals surface area (Å²) in [5.41, 5.74) is 0.296. The molecule has 1 heterocycles. The van der Waals surface area contributed by atoms with Crippen molar-refractivity contribution in [2.45, 2.75) is 19.9 Å². The number of benzene rings is 1. The minimum Gasteiger partial charge on any atom is -0.477 e. The van der Waals surface area contributed by atoms with Gasteiger partial charge in [0.1, 0.15) is 5.56 Å². The molecular formula is C19H22ClN3O5. The first-order chi connectivity index (χ1) is 13.5. The fourth-order valence-electron chi connectivity index (χ4n) is 2.66. The third kappa shape index (κ3) is 5.45. The largest absolute Gasteiger partial charge is 0.477 e. The number of pyridine rings is 1. The molecule has 0 saturated carbocycles. The Hall–Kier alpha value is -2.60. The molecule has 8 nitrogen and oxygen atoms in total. The van der Waals surface area contributed by atoms with Crippen LogP contribution >= 0.6 is 11.6 Å². The normalized spacial score (nSPS) is 10.8. The summed E-state index contributed by atoms with van der Waals surface area (Å²) >= 11 is 6.32. The number of ether oxygens (including phenoxy) is 2. The van der Waals surface area contributed by atoms with Crippen molar-refractivity contribution >= 4 is 34.2 Å². The van der Waals surface area contributed by atoms with E-state index in [4.69, 9.17) is 26.3 Å². The Morgan fingerprint density at radius 1 is 1.29 bits per heavy atom. The molecule has 0 aliphatic carbocycles. The van der Waals surface area contributed by atoms with Gasteiger partial charge in [-0.1, -0.05) is 11.6 Å². The van der Waals surface area contributed by atoms with Crippen LogP contribution < -0.4 is 10.7 Å². The minimum atomic E-state index is -1.26. The number of fused-ring (bicyclic) bond motifs is 1. The van der Waals surface area contributed by atoms with Crippen molar-refractivity contribution in [2.75, 3.05) is 38.3 Å². The summed E-state index contributed by atoms with van der Waals surface area (Å²) in [6.45, 7) is 4.41. The Balaban J connectivity index is 2.05. The number of anilines is 1. The van der Waals surface area contributed by atoms with E-state index in [1.165, 1.54) is 6.20 Å². The molecule has 0 unspecified atom stereocenters. The lowest BCUT2D eigenvalue weighted by molar-refractivity contribution is 0.0538. The molecular weight excluding hydrogens is 386 g/mol. The van der Waals surface area contributed by atoms with Gasteiger partial charge >= 0.3 is 5.97 Å². The number of nitrogens with one attached hydrogen (secondary N) is 1. The molecule has 150 valence electrons. The number of halogens is 1. The molecule has 28 heavy (non-hydrogen) atoms.